The number of hydrogen-bond acceptors (Lipinski definition) is 2. The van der Waals surface area contributed by atoms with Gasteiger partial charge < -0.3 is 14.5 Å². The number of ether oxygens (including phenoxy) is 1. The molecule has 152 valence electrons. The lowest BCUT2D eigenvalue weighted by molar-refractivity contribution is -0.137. The Bertz CT molecular complexity index is 906. The molecule has 2 aliphatic rings. The number of nitrogens with zero attached hydrogens (tertiary/aromatic N) is 2. The first kappa shape index (κ1) is 19.4. The van der Waals surface area contributed by atoms with E-state index in [2.05, 4.69) is 18.2 Å². The van der Waals surface area contributed by atoms with E-state index in [-0.39, 0.29) is 17.9 Å². The van der Waals surface area contributed by atoms with E-state index in [9.17, 15) is 18.0 Å². The minimum absolute atomic E-state index is 0.0581. The Morgan fingerprint density at radius 2 is 1.76 bits per heavy atom. The second kappa shape index (κ2) is 7.81. The zero-order valence-electron chi connectivity index (χ0n) is 15.7. The van der Waals surface area contributed by atoms with Gasteiger partial charge in [-0.3, -0.25) is 0 Å². The SMILES string of the molecule is O=C(N1CC=C(c2ccccc2)CC1)N1CC(Oc2cccc(C(F)(F)F)c2)C1. The number of halogens is 3. The van der Waals surface area contributed by atoms with Crippen LogP contribution >= 0.6 is 0 Å². The number of amides is 2. The van der Waals surface area contributed by atoms with Crippen LogP contribution < -0.4 is 4.74 Å². The van der Waals surface area contributed by atoms with Crippen molar-refractivity contribution in [3.8, 4) is 5.75 Å². The van der Waals surface area contributed by atoms with Gasteiger partial charge in [0.25, 0.3) is 0 Å². The number of carbonyl (C=O) groups is 1. The van der Waals surface area contributed by atoms with E-state index in [1.165, 1.54) is 23.3 Å². The van der Waals surface area contributed by atoms with E-state index >= 15 is 0 Å². The third kappa shape index (κ3) is 4.39. The second-order valence-electron chi connectivity index (χ2n) is 7.24. The summed E-state index contributed by atoms with van der Waals surface area (Å²) >= 11 is 0. The molecule has 2 aromatic carbocycles. The number of carbonyl (C=O) groups excluding carboxylic acids is 1. The number of likely N-dealkylation sites (tertiary alicyclic amines) is 1. The molecule has 0 bridgehead atoms. The van der Waals surface area contributed by atoms with Gasteiger partial charge in [0.2, 0.25) is 0 Å². The Morgan fingerprint density at radius 1 is 1.00 bits per heavy atom. The van der Waals surface area contributed by atoms with E-state index in [0.29, 0.717) is 26.2 Å². The summed E-state index contributed by atoms with van der Waals surface area (Å²) < 4.78 is 44.0. The molecule has 7 heteroatoms. The van der Waals surface area contributed by atoms with Gasteiger partial charge in [-0.25, -0.2) is 4.79 Å². The maximum Gasteiger partial charge on any atom is 0.416 e. The zero-order valence-corrected chi connectivity index (χ0v) is 15.7. The third-order valence-electron chi connectivity index (χ3n) is 5.21. The first-order valence-electron chi connectivity index (χ1n) is 9.52. The first-order chi connectivity index (χ1) is 13.9. The molecule has 4 rings (SSSR count). The highest BCUT2D eigenvalue weighted by Gasteiger charge is 2.36. The molecular formula is C22H21F3N2O2. The monoisotopic (exact) mass is 402 g/mol. The molecule has 2 heterocycles. The van der Waals surface area contributed by atoms with E-state index in [1.54, 1.807) is 9.80 Å². The fourth-order valence-corrected chi connectivity index (χ4v) is 3.56. The number of benzene rings is 2. The Hall–Kier alpha value is -2.96. The van der Waals surface area contributed by atoms with Gasteiger partial charge >= 0.3 is 12.2 Å². The summed E-state index contributed by atoms with van der Waals surface area (Å²) in [6.07, 6.45) is -1.81. The van der Waals surface area contributed by atoms with Gasteiger partial charge in [-0.05, 0) is 35.8 Å². The van der Waals surface area contributed by atoms with Crippen molar-refractivity contribution in [1.29, 1.82) is 0 Å². The van der Waals surface area contributed by atoms with Crippen LogP contribution in [0.15, 0.2) is 60.7 Å². The summed E-state index contributed by atoms with van der Waals surface area (Å²) in [5.74, 6) is 0.172. The maximum absolute atomic E-state index is 12.8. The molecule has 1 fully saturated rings. The number of alkyl halides is 3. The van der Waals surface area contributed by atoms with Crippen LogP contribution in [0.1, 0.15) is 17.5 Å². The lowest BCUT2D eigenvalue weighted by Crippen LogP contribution is -2.60. The number of urea groups is 1. The topological polar surface area (TPSA) is 32.8 Å². The average Bonchev–Trinajstić information content (AvgIpc) is 2.70. The standard InChI is InChI=1S/C22H21F3N2O2/c23-22(24,25)18-7-4-8-19(13-18)29-20-14-27(15-20)21(28)26-11-9-17(10-12-26)16-5-2-1-3-6-16/h1-9,13,20H,10-12,14-15H2. The number of rotatable bonds is 3. The predicted octanol–water partition coefficient (Wildman–Crippen LogP) is 4.68. The number of hydrogen-bond donors (Lipinski definition) is 0. The second-order valence-corrected chi connectivity index (χ2v) is 7.24. The molecule has 0 aromatic heterocycles. The summed E-state index contributed by atoms with van der Waals surface area (Å²) in [6.45, 7) is 1.95. The van der Waals surface area contributed by atoms with Crippen molar-refractivity contribution in [3.05, 3.63) is 71.8 Å². The molecule has 0 atom stereocenters. The van der Waals surface area contributed by atoms with Crippen LogP contribution in [-0.2, 0) is 6.18 Å². The molecule has 0 radical (unpaired) electrons. The van der Waals surface area contributed by atoms with Gasteiger partial charge in [0, 0.05) is 13.1 Å². The normalized spacial score (nSPS) is 17.6. The van der Waals surface area contributed by atoms with E-state index < -0.39 is 11.7 Å². The van der Waals surface area contributed by atoms with E-state index in [0.717, 1.165) is 18.6 Å². The highest BCUT2D eigenvalue weighted by atomic mass is 19.4. The summed E-state index contributed by atoms with van der Waals surface area (Å²) in [5.41, 5.74) is 1.68. The predicted molar refractivity (Wildman–Crippen MR) is 103 cm³/mol. The van der Waals surface area contributed by atoms with Crippen LogP contribution in [0.25, 0.3) is 5.57 Å². The van der Waals surface area contributed by atoms with Gasteiger partial charge in [0.1, 0.15) is 11.9 Å². The van der Waals surface area contributed by atoms with Crippen molar-refractivity contribution >= 4 is 11.6 Å². The summed E-state index contributed by atoms with van der Waals surface area (Å²) in [5, 5.41) is 0. The smallest absolute Gasteiger partial charge is 0.416 e. The third-order valence-corrected chi connectivity index (χ3v) is 5.21. The minimum Gasteiger partial charge on any atom is -0.487 e. The molecular weight excluding hydrogens is 381 g/mol. The highest BCUT2D eigenvalue weighted by Crippen LogP contribution is 2.32. The minimum atomic E-state index is -4.40. The Morgan fingerprint density at radius 3 is 2.41 bits per heavy atom. The molecule has 2 aliphatic heterocycles. The molecule has 1 saturated heterocycles. The van der Waals surface area contributed by atoms with Crippen molar-refractivity contribution in [2.24, 2.45) is 0 Å². The van der Waals surface area contributed by atoms with E-state index in [1.807, 2.05) is 18.2 Å². The molecule has 4 nitrogen and oxygen atoms in total. The Kier molecular flexibility index (Phi) is 5.22. The fourth-order valence-electron chi connectivity index (χ4n) is 3.56. The Balaban J connectivity index is 1.28. The lowest BCUT2D eigenvalue weighted by atomic mass is 10.00. The Labute approximate surface area is 167 Å². The van der Waals surface area contributed by atoms with Crippen molar-refractivity contribution in [2.45, 2.75) is 18.7 Å². The quantitative estimate of drug-likeness (QED) is 0.747. The van der Waals surface area contributed by atoms with E-state index in [4.69, 9.17) is 4.74 Å². The molecule has 0 saturated carbocycles. The fraction of sp³-hybridized carbons (Fsp3) is 0.318. The maximum atomic E-state index is 12.8. The van der Waals surface area contributed by atoms with Crippen molar-refractivity contribution < 1.29 is 22.7 Å². The summed E-state index contributed by atoms with van der Waals surface area (Å²) in [7, 11) is 0. The molecule has 2 aromatic rings. The molecule has 0 aliphatic carbocycles. The van der Waals surface area contributed by atoms with Crippen LogP contribution in [0.5, 0.6) is 5.75 Å². The summed E-state index contributed by atoms with van der Waals surface area (Å²) in [4.78, 5) is 16.1. The molecule has 29 heavy (non-hydrogen) atoms. The van der Waals surface area contributed by atoms with Gasteiger partial charge in [-0.2, -0.15) is 13.2 Å². The molecule has 2 amide bonds. The van der Waals surface area contributed by atoms with Crippen LogP contribution in [0.3, 0.4) is 0 Å². The van der Waals surface area contributed by atoms with Gasteiger partial charge in [0.15, 0.2) is 0 Å². The first-order valence-corrected chi connectivity index (χ1v) is 9.52. The van der Waals surface area contributed by atoms with Gasteiger partial charge in [-0.15, -0.1) is 0 Å². The molecule has 0 spiro atoms. The van der Waals surface area contributed by atoms with Gasteiger partial charge in [-0.1, -0.05) is 42.5 Å². The zero-order chi connectivity index (χ0) is 20.4. The lowest BCUT2D eigenvalue weighted by Gasteiger charge is -2.42. The molecule has 0 unspecified atom stereocenters. The van der Waals surface area contributed by atoms with Crippen LogP contribution in [0.4, 0.5) is 18.0 Å². The van der Waals surface area contributed by atoms with Crippen molar-refractivity contribution in [2.75, 3.05) is 26.2 Å². The molecule has 0 N–H and O–H groups in total. The van der Waals surface area contributed by atoms with Crippen molar-refractivity contribution in [1.82, 2.24) is 9.80 Å². The van der Waals surface area contributed by atoms with Crippen molar-refractivity contribution in [3.63, 3.8) is 0 Å². The van der Waals surface area contributed by atoms with Crippen LogP contribution in [0, 0.1) is 0 Å². The van der Waals surface area contributed by atoms with Crippen LogP contribution in [-0.4, -0.2) is 48.1 Å². The van der Waals surface area contributed by atoms with Crippen LogP contribution in [0.2, 0.25) is 0 Å². The highest BCUT2D eigenvalue weighted by molar-refractivity contribution is 5.77. The summed E-state index contributed by atoms with van der Waals surface area (Å²) in [6, 6.07) is 14.9. The average molecular weight is 402 g/mol. The largest absolute Gasteiger partial charge is 0.487 e. The van der Waals surface area contributed by atoms with Gasteiger partial charge in [0.05, 0.1) is 18.7 Å².